The molecule has 0 aliphatic heterocycles. The molecule has 0 aliphatic carbocycles. The number of hydrogen-bond donors (Lipinski definition) is 1. The number of nitrogens with zero attached hydrogens (tertiary/aromatic N) is 1. The average Bonchev–Trinajstić information content (AvgIpc) is 2.37. The maximum Gasteiger partial charge on any atom is 0.119 e. The normalized spacial score (nSPS) is 15.5. The van der Waals surface area contributed by atoms with Gasteiger partial charge in [-0.3, -0.25) is 0 Å². The van der Waals surface area contributed by atoms with Crippen LogP contribution in [-0.2, 0) is 5.41 Å². The first-order valence-electron chi connectivity index (χ1n) is 6.32. The maximum atomic E-state index is 9.65. The van der Waals surface area contributed by atoms with Gasteiger partial charge in [-0.2, -0.15) is 5.26 Å². The Bertz CT molecular complexity index is 423. The molecule has 1 rings (SSSR count). The van der Waals surface area contributed by atoms with Gasteiger partial charge in [0.1, 0.15) is 5.75 Å². The Hall–Kier alpha value is -1.53. The van der Waals surface area contributed by atoms with Crippen molar-refractivity contribution in [3.63, 3.8) is 0 Å². The van der Waals surface area contributed by atoms with Crippen molar-refractivity contribution < 1.29 is 9.84 Å². The zero-order valence-corrected chi connectivity index (χ0v) is 11.3. The molecule has 18 heavy (non-hydrogen) atoms. The number of benzene rings is 1. The number of ether oxygens (including phenoxy) is 1. The van der Waals surface area contributed by atoms with Gasteiger partial charge in [-0.1, -0.05) is 25.5 Å². The highest BCUT2D eigenvalue weighted by Gasteiger charge is 2.33. The second-order valence-corrected chi connectivity index (χ2v) is 4.73. The van der Waals surface area contributed by atoms with Gasteiger partial charge in [-0.05, 0) is 37.5 Å². The van der Waals surface area contributed by atoms with Crippen LogP contribution >= 0.6 is 0 Å². The molecule has 0 radical (unpaired) electrons. The summed E-state index contributed by atoms with van der Waals surface area (Å²) >= 11 is 0. The molecule has 1 aromatic rings. The third-order valence-electron chi connectivity index (χ3n) is 3.16. The number of nitriles is 1. The Kier molecular flexibility index (Phi) is 5.18. The maximum absolute atomic E-state index is 9.65. The molecule has 98 valence electrons. The first kappa shape index (κ1) is 14.5. The Morgan fingerprint density at radius 3 is 2.72 bits per heavy atom. The SMILES string of the molecule is CCC[C@](C#N)(C[C@H](C)O)c1cccc(OC)c1. The molecule has 3 nitrogen and oxygen atoms in total. The Labute approximate surface area is 109 Å². The number of rotatable bonds is 6. The van der Waals surface area contributed by atoms with Crippen LogP contribution in [0.15, 0.2) is 24.3 Å². The molecule has 0 heterocycles. The molecule has 0 spiro atoms. The van der Waals surface area contributed by atoms with Gasteiger partial charge in [-0.15, -0.1) is 0 Å². The van der Waals surface area contributed by atoms with E-state index in [0.717, 1.165) is 24.2 Å². The predicted octanol–water partition coefficient (Wildman–Crippen LogP) is 3.03. The topological polar surface area (TPSA) is 53.2 Å². The number of methoxy groups -OCH3 is 1. The van der Waals surface area contributed by atoms with Crippen molar-refractivity contribution in [2.75, 3.05) is 7.11 Å². The van der Waals surface area contributed by atoms with Gasteiger partial charge in [0.2, 0.25) is 0 Å². The van der Waals surface area contributed by atoms with Crippen LogP contribution in [0.3, 0.4) is 0 Å². The van der Waals surface area contributed by atoms with E-state index in [2.05, 4.69) is 6.07 Å². The Morgan fingerprint density at radius 1 is 1.50 bits per heavy atom. The van der Waals surface area contributed by atoms with Crippen molar-refractivity contribution in [1.82, 2.24) is 0 Å². The summed E-state index contributed by atoms with van der Waals surface area (Å²) in [6.45, 7) is 3.77. The van der Waals surface area contributed by atoms with Crippen LogP contribution < -0.4 is 4.74 Å². The van der Waals surface area contributed by atoms with Gasteiger partial charge < -0.3 is 9.84 Å². The second kappa shape index (κ2) is 6.42. The fourth-order valence-corrected chi connectivity index (χ4v) is 2.38. The summed E-state index contributed by atoms with van der Waals surface area (Å²) in [7, 11) is 1.61. The summed E-state index contributed by atoms with van der Waals surface area (Å²) in [4.78, 5) is 0. The van der Waals surface area contributed by atoms with E-state index in [1.54, 1.807) is 14.0 Å². The van der Waals surface area contributed by atoms with Crippen LogP contribution in [0.25, 0.3) is 0 Å². The van der Waals surface area contributed by atoms with E-state index < -0.39 is 11.5 Å². The molecule has 0 fully saturated rings. The van der Waals surface area contributed by atoms with Crippen molar-refractivity contribution in [2.45, 2.75) is 44.6 Å². The van der Waals surface area contributed by atoms with E-state index in [-0.39, 0.29) is 0 Å². The highest BCUT2D eigenvalue weighted by Crippen LogP contribution is 2.35. The summed E-state index contributed by atoms with van der Waals surface area (Å²) in [6.07, 6.45) is 1.59. The van der Waals surface area contributed by atoms with Crippen LogP contribution in [0.1, 0.15) is 38.7 Å². The van der Waals surface area contributed by atoms with Gasteiger partial charge in [0.15, 0.2) is 0 Å². The van der Waals surface area contributed by atoms with E-state index >= 15 is 0 Å². The lowest BCUT2D eigenvalue weighted by atomic mass is 9.74. The minimum atomic E-state index is -0.628. The predicted molar refractivity (Wildman–Crippen MR) is 71.5 cm³/mol. The molecule has 0 saturated carbocycles. The molecule has 0 amide bonds. The molecule has 0 aliphatic rings. The van der Waals surface area contributed by atoms with E-state index in [0.29, 0.717) is 6.42 Å². The van der Waals surface area contributed by atoms with Gasteiger partial charge in [0.05, 0.1) is 24.7 Å². The van der Waals surface area contributed by atoms with E-state index in [1.165, 1.54) is 0 Å². The van der Waals surface area contributed by atoms with Crippen LogP contribution in [0, 0.1) is 11.3 Å². The molecule has 0 saturated heterocycles. The molecule has 0 unspecified atom stereocenters. The van der Waals surface area contributed by atoms with E-state index in [1.807, 2.05) is 31.2 Å². The molecule has 1 N–H and O–H groups in total. The largest absolute Gasteiger partial charge is 0.497 e. The zero-order valence-electron chi connectivity index (χ0n) is 11.3. The zero-order chi connectivity index (χ0) is 13.6. The van der Waals surface area contributed by atoms with Crippen LogP contribution in [0.5, 0.6) is 5.75 Å². The second-order valence-electron chi connectivity index (χ2n) is 4.73. The van der Waals surface area contributed by atoms with E-state index in [4.69, 9.17) is 4.74 Å². The monoisotopic (exact) mass is 247 g/mol. The summed E-state index contributed by atoms with van der Waals surface area (Å²) in [5.41, 5.74) is 0.296. The van der Waals surface area contributed by atoms with Crippen LogP contribution in [-0.4, -0.2) is 18.3 Å². The van der Waals surface area contributed by atoms with Gasteiger partial charge in [0, 0.05) is 0 Å². The molecule has 0 bridgehead atoms. The van der Waals surface area contributed by atoms with Crippen molar-refractivity contribution in [2.24, 2.45) is 0 Å². The van der Waals surface area contributed by atoms with E-state index in [9.17, 15) is 10.4 Å². The van der Waals surface area contributed by atoms with Gasteiger partial charge >= 0.3 is 0 Å². The standard InChI is InChI=1S/C15H21NO2/c1-4-8-15(11-16,10-12(2)17)13-6-5-7-14(9-13)18-3/h5-7,9,12,17H,4,8,10H2,1-3H3/t12-,15+/m0/s1. The quantitative estimate of drug-likeness (QED) is 0.840. The van der Waals surface area contributed by atoms with Crippen LogP contribution in [0.2, 0.25) is 0 Å². The molecular formula is C15H21NO2. The van der Waals surface area contributed by atoms with Gasteiger partial charge in [0.25, 0.3) is 0 Å². The lowest BCUT2D eigenvalue weighted by molar-refractivity contribution is 0.158. The highest BCUT2D eigenvalue weighted by molar-refractivity contribution is 5.38. The van der Waals surface area contributed by atoms with Crippen molar-refractivity contribution >= 4 is 0 Å². The first-order chi connectivity index (χ1) is 8.57. The molecule has 3 heteroatoms. The lowest BCUT2D eigenvalue weighted by Gasteiger charge is -2.28. The fraction of sp³-hybridized carbons (Fsp3) is 0.533. The summed E-state index contributed by atoms with van der Waals surface area (Å²) in [5.74, 6) is 0.744. The van der Waals surface area contributed by atoms with Gasteiger partial charge in [-0.25, -0.2) is 0 Å². The van der Waals surface area contributed by atoms with Crippen molar-refractivity contribution in [3.8, 4) is 11.8 Å². The molecule has 1 aromatic carbocycles. The molecule has 2 atom stereocenters. The van der Waals surface area contributed by atoms with Crippen molar-refractivity contribution in [1.29, 1.82) is 5.26 Å². The lowest BCUT2D eigenvalue weighted by Crippen LogP contribution is -2.28. The molecular weight excluding hydrogens is 226 g/mol. The smallest absolute Gasteiger partial charge is 0.119 e. The Morgan fingerprint density at radius 2 is 2.22 bits per heavy atom. The number of hydrogen-bond acceptors (Lipinski definition) is 3. The Balaban J connectivity index is 3.19. The summed E-state index contributed by atoms with van der Waals surface area (Å²) < 4.78 is 5.21. The summed E-state index contributed by atoms with van der Waals surface area (Å²) in [6, 6.07) is 9.97. The third kappa shape index (κ3) is 3.24. The minimum absolute atomic E-state index is 0.449. The fourth-order valence-electron chi connectivity index (χ4n) is 2.38. The number of aliphatic hydroxyl groups excluding tert-OH is 1. The van der Waals surface area contributed by atoms with Crippen molar-refractivity contribution in [3.05, 3.63) is 29.8 Å². The number of aliphatic hydroxyl groups is 1. The highest BCUT2D eigenvalue weighted by atomic mass is 16.5. The van der Waals surface area contributed by atoms with Crippen LogP contribution in [0.4, 0.5) is 0 Å². The average molecular weight is 247 g/mol. The third-order valence-corrected chi connectivity index (χ3v) is 3.16. The molecule has 0 aromatic heterocycles. The first-order valence-corrected chi connectivity index (χ1v) is 6.32. The minimum Gasteiger partial charge on any atom is -0.497 e. The summed E-state index contributed by atoms with van der Waals surface area (Å²) in [5, 5.41) is 19.2.